The minimum atomic E-state index is -0.563. The molecular weight excluding hydrogens is 316 g/mol. The summed E-state index contributed by atoms with van der Waals surface area (Å²) in [5.41, 5.74) is 2.34. The number of carbonyl (C=O) groups is 1. The van der Waals surface area contributed by atoms with Gasteiger partial charge in [-0.3, -0.25) is 14.5 Å². The first-order valence-electron chi connectivity index (χ1n) is 9.02. The van der Waals surface area contributed by atoms with E-state index in [4.69, 9.17) is 0 Å². The van der Waals surface area contributed by atoms with E-state index < -0.39 is 6.10 Å². The lowest BCUT2D eigenvalue weighted by Gasteiger charge is -2.34. The number of piperidine rings is 1. The smallest absolute Gasteiger partial charge is 0.257 e. The molecule has 1 unspecified atom stereocenters. The monoisotopic (exact) mass is 342 g/mol. The topological polar surface area (TPSA) is 71.2 Å². The zero-order valence-corrected chi connectivity index (χ0v) is 14.9. The molecule has 3 rings (SSSR count). The quantitative estimate of drug-likeness (QED) is 0.906. The number of carbonyl (C=O) groups excluding carboxylic acids is 1. The molecule has 1 aliphatic rings. The molecule has 0 aromatic carbocycles. The molecule has 6 nitrogen and oxygen atoms in total. The summed E-state index contributed by atoms with van der Waals surface area (Å²) in [6.45, 7) is 6.20. The summed E-state index contributed by atoms with van der Waals surface area (Å²) in [6.07, 6.45) is 5.38. The van der Waals surface area contributed by atoms with E-state index in [-0.39, 0.29) is 11.8 Å². The van der Waals surface area contributed by atoms with Crippen molar-refractivity contribution in [2.45, 2.75) is 45.8 Å². The zero-order valence-electron chi connectivity index (χ0n) is 14.9. The number of aliphatic hydroxyl groups is 1. The zero-order chi connectivity index (χ0) is 17.8. The van der Waals surface area contributed by atoms with Crippen LogP contribution in [0.25, 0.3) is 0 Å². The van der Waals surface area contributed by atoms with E-state index in [0.29, 0.717) is 24.3 Å². The number of pyridine rings is 1. The highest BCUT2D eigenvalue weighted by Gasteiger charge is 2.30. The molecule has 0 spiro atoms. The van der Waals surface area contributed by atoms with Gasteiger partial charge in [-0.25, -0.2) is 0 Å². The van der Waals surface area contributed by atoms with Gasteiger partial charge in [-0.05, 0) is 44.2 Å². The number of aliphatic hydroxyl groups excluding tert-OH is 1. The second-order valence-corrected chi connectivity index (χ2v) is 6.70. The maximum Gasteiger partial charge on any atom is 0.257 e. The number of nitrogens with zero attached hydrogens (tertiary/aromatic N) is 4. The van der Waals surface area contributed by atoms with Gasteiger partial charge in [0.1, 0.15) is 0 Å². The van der Waals surface area contributed by atoms with Gasteiger partial charge in [-0.1, -0.05) is 13.0 Å². The van der Waals surface area contributed by atoms with Gasteiger partial charge in [0.25, 0.3) is 5.91 Å². The average Bonchev–Trinajstić information content (AvgIpc) is 3.02. The highest BCUT2D eigenvalue weighted by molar-refractivity contribution is 5.95. The minimum Gasteiger partial charge on any atom is -0.387 e. The van der Waals surface area contributed by atoms with Crippen LogP contribution in [0.1, 0.15) is 54.0 Å². The summed E-state index contributed by atoms with van der Waals surface area (Å²) in [5, 5.41) is 14.8. The van der Waals surface area contributed by atoms with Crippen LogP contribution in [0.15, 0.2) is 30.6 Å². The van der Waals surface area contributed by atoms with E-state index in [9.17, 15) is 9.90 Å². The Bertz CT molecular complexity index is 705. The molecule has 1 aliphatic heterocycles. The largest absolute Gasteiger partial charge is 0.387 e. The van der Waals surface area contributed by atoms with E-state index in [1.165, 1.54) is 0 Å². The van der Waals surface area contributed by atoms with Crippen molar-refractivity contribution in [3.63, 3.8) is 0 Å². The van der Waals surface area contributed by atoms with Crippen molar-refractivity contribution in [2.75, 3.05) is 13.1 Å². The summed E-state index contributed by atoms with van der Waals surface area (Å²) < 4.78 is 1.89. The van der Waals surface area contributed by atoms with E-state index in [0.717, 1.165) is 31.5 Å². The normalized spacial score (nSPS) is 16.8. The molecule has 1 atom stereocenters. The molecule has 134 valence electrons. The molecule has 3 heterocycles. The van der Waals surface area contributed by atoms with Crippen molar-refractivity contribution in [2.24, 2.45) is 5.92 Å². The summed E-state index contributed by atoms with van der Waals surface area (Å²) in [4.78, 5) is 18.9. The lowest BCUT2D eigenvalue weighted by molar-refractivity contribution is 0.0447. The summed E-state index contributed by atoms with van der Waals surface area (Å²) in [6, 6.07) is 5.59. The Balaban J connectivity index is 1.61. The van der Waals surface area contributed by atoms with Crippen LogP contribution in [0.5, 0.6) is 0 Å². The fourth-order valence-corrected chi connectivity index (χ4v) is 3.47. The first-order valence-corrected chi connectivity index (χ1v) is 9.02. The van der Waals surface area contributed by atoms with Crippen molar-refractivity contribution in [1.82, 2.24) is 19.7 Å². The number of amides is 1. The van der Waals surface area contributed by atoms with Crippen LogP contribution in [0, 0.1) is 12.8 Å². The molecule has 6 heteroatoms. The van der Waals surface area contributed by atoms with Crippen LogP contribution < -0.4 is 0 Å². The van der Waals surface area contributed by atoms with Crippen LogP contribution in [-0.4, -0.2) is 43.8 Å². The van der Waals surface area contributed by atoms with Gasteiger partial charge in [-0.2, -0.15) is 5.10 Å². The van der Waals surface area contributed by atoms with Gasteiger partial charge >= 0.3 is 0 Å². The van der Waals surface area contributed by atoms with Crippen LogP contribution in [0.2, 0.25) is 0 Å². The second kappa shape index (κ2) is 7.78. The molecule has 1 fully saturated rings. The molecule has 25 heavy (non-hydrogen) atoms. The standard InChI is InChI=1S/C19H26N4O2/c1-3-10-23-14(2)16(13-21-23)19(25)22-11-7-15(8-12-22)18(24)17-6-4-5-9-20-17/h4-6,9,13,15,18,24H,3,7-8,10-12H2,1-2H3. The molecule has 0 saturated carbocycles. The summed E-state index contributed by atoms with van der Waals surface area (Å²) >= 11 is 0. The van der Waals surface area contributed by atoms with Crippen molar-refractivity contribution >= 4 is 5.91 Å². The summed E-state index contributed by atoms with van der Waals surface area (Å²) in [5.74, 6) is 0.188. The predicted octanol–water partition coefficient (Wildman–Crippen LogP) is 2.58. The lowest BCUT2D eigenvalue weighted by atomic mass is 9.89. The third-order valence-corrected chi connectivity index (χ3v) is 5.03. The molecule has 1 saturated heterocycles. The number of rotatable bonds is 5. The van der Waals surface area contributed by atoms with E-state index in [1.54, 1.807) is 12.4 Å². The van der Waals surface area contributed by atoms with Gasteiger partial charge in [0.15, 0.2) is 0 Å². The maximum atomic E-state index is 12.8. The van der Waals surface area contributed by atoms with Gasteiger partial charge in [0.2, 0.25) is 0 Å². The van der Waals surface area contributed by atoms with Crippen LogP contribution >= 0.6 is 0 Å². The first kappa shape index (κ1) is 17.6. The van der Waals surface area contributed by atoms with E-state index >= 15 is 0 Å². The highest BCUT2D eigenvalue weighted by Crippen LogP contribution is 2.30. The summed E-state index contributed by atoms with van der Waals surface area (Å²) in [7, 11) is 0. The Kier molecular flexibility index (Phi) is 5.48. The molecule has 0 bridgehead atoms. The molecule has 1 N–H and O–H groups in total. The predicted molar refractivity (Wildman–Crippen MR) is 95.1 cm³/mol. The van der Waals surface area contributed by atoms with Crippen molar-refractivity contribution < 1.29 is 9.90 Å². The van der Waals surface area contributed by atoms with E-state index in [2.05, 4.69) is 17.0 Å². The van der Waals surface area contributed by atoms with Crippen molar-refractivity contribution in [3.05, 3.63) is 47.5 Å². The highest BCUT2D eigenvalue weighted by atomic mass is 16.3. The molecular formula is C19H26N4O2. The third-order valence-electron chi connectivity index (χ3n) is 5.03. The van der Waals surface area contributed by atoms with Gasteiger partial charge < -0.3 is 10.0 Å². The van der Waals surface area contributed by atoms with Gasteiger partial charge in [0.05, 0.1) is 23.6 Å². The number of aromatic nitrogens is 3. The molecule has 0 radical (unpaired) electrons. The fourth-order valence-electron chi connectivity index (χ4n) is 3.47. The molecule has 2 aromatic heterocycles. The Morgan fingerprint density at radius 2 is 2.12 bits per heavy atom. The Morgan fingerprint density at radius 1 is 1.36 bits per heavy atom. The number of aryl methyl sites for hydroxylation is 1. The Morgan fingerprint density at radius 3 is 2.76 bits per heavy atom. The van der Waals surface area contributed by atoms with Gasteiger partial charge in [-0.15, -0.1) is 0 Å². The fraction of sp³-hybridized carbons (Fsp3) is 0.526. The molecule has 2 aromatic rings. The number of likely N-dealkylation sites (tertiary alicyclic amines) is 1. The van der Waals surface area contributed by atoms with Crippen LogP contribution in [0.3, 0.4) is 0 Å². The third kappa shape index (κ3) is 3.74. The maximum absolute atomic E-state index is 12.8. The molecule has 1 amide bonds. The van der Waals surface area contributed by atoms with Crippen LogP contribution in [0.4, 0.5) is 0 Å². The Hall–Kier alpha value is -2.21. The minimum absolute atomic E-state index is 0.0469. The van der Waals surface area contributed by atoms with E-state index in [1.807, 2.05) is 34.7 Å². The Labute approximate surface area is 148 Å². The first-order chi connectivity index (χ1) is 12.1. The lowest BCUT2D eigenvalue weighted by Crippen LogP contribution is -2.40. The number of hydrogen-bond donors (Lipinski definition) is 1. The molecule has 0 aliphatic carbocycles. The van der Waals surface area contributed by atoms with Crippen molar-refractivity contribution in [1.29, 1.82) is 0 Å². The average molecular weight is 342 g/mol. The van der Waals surface area contributed by atoms with Crippen molar-refractivity contribution in [3.8, 4) is 0 Å². The second-order valence-electron chi connectivity index (χ2n) is 6.70. The SMILES string of the molecule is CCCn1ncc(C(=O)N2CCC(C(O)c3ccccn3)CC2)c1C. The number of hydrogen-bond acceptors (Lipinski definition) is 4. The van der Waals surface area contributed by atoms with Gasteiger partial charge in [0, 0.05) is 31.5 Å². The van der Waals surface area contributed by atoms with Crippen LogP contribution in [-0.2, 0) is 6.54 Å².